The summed E-state index contributed by atoms with van der Waals surface area (Å²) in [6.07, 6.45) is -0.688. The summed E-state index contributed by atoms with van der Waals surface area (Å²) in [6, 6.07) is 14.2. The van der Waals surface area contributed by atoms with Gasteiger partial charge in [0, 0.05) is 24.7 Å². The molecule has 124 valence electrons. The lowest BCUT2D eigenvalue weighted by Crippen LogP contribution is -2.48. The molecule has 24 heavy (non-hydrogen) atoms. The van der Waals surface area contributed by atoms with Gasteiger partial charge in [-0.15, -0.1) is 0 Å². The van der Waals surface area contributed by atoms with Crippen LogP contribution >= 0.6 is 0 Å². The minimum absolute atomic E-state index is 0.205. The highest BCUT2D eigenvalue weighted by atomic mass is 19.1. The molecule has 3 atom stereocenters. The molecular weight excluding hydrogens is 309 g/mol. The van der Waals surface area contributed by atoms with E-state index in [9.17, 15) is 9.18 Å². The Balaban J connectivity index is 2.01. The van der Waals surface area contributed by atoms with Gasteiger partial charge in [0.1, 0.15) is 11.9 Å². The van der Waals surface area contributed by atoms with E-state index in [-0.39, 0.29) is 5.91 Å². The van der Waals surface area contributed by atoms with Gasteiger partial charge in [-0.2, -0.15) is 0 Å². The van der Waals surface area contributed by atoms with E-state index in [1.54, 1.807) is 25.2 Å². The molecule has 2 aliphatic rings. The molecule has 1 heterocycles. The first kappa shape index (κ1) is 15.1. The van der Waals surface area contributed by atoms with Crippen LogP contribution in [0.3, 0.4) is 0 Å². The quantitative estimate of drug-likeness (QED) is 0.866. The first-order valence-electron chi connectivity index (χ1n) is 7.91. The van der Waals surface area contributed by atoms with Crippen LogP contribution in [0.5, 0.6) is 5.75 Å². The van der Waals surface area contributed by atoms with E-state index in [0.29, 0.717) is 23.3 Å². The topological polar surface area (TPSA) is 38.8 Å². The van der Waals surface area contributed by atoms with Gasteiger partial charge in [-0.25, -0.2) is 4.39 Å². The number of hydrogen-bond acceptors (Lipinski definition) is 3. The van der Waals surface area contributed by atoms with Crippen LogP contribution in [0.2, 0.25) is 0 Å². The van der Waals surface area contributed by atoms with Gasteiger partial charge < -0.3 is 9.47 Å². The van der Waals surface area contributed by atoms with Crippen molar-refractivity contribution >= 4 is 5.91 Å². The SMILES string of the molecule is COc1ccccc1C1(OC)c2ccccc2C(=O)N1[C@H]1C[C@H]1F. The molecule has 4 nitrogen and oxygen atoms in total. The van der Waals surface area contributed by atoms with Gasteiger partial charge in [0.25, 0.3) is 5.91 Å². The fraction of sp³-hybridized carbons (Fsp3) is 0.316. The third-order valence-electron chi connectivity index (χ3n) is 4.86. The Kier molecular flexibility index (Phi) is 3.35. The number of para-hydroxylation sites is 1. The van der Waals surface area contributed by atoms with Crippen molar-refractivity contribution in [3.8, 4) is 5.75 Å². The Bertz CT molecular complexity index is 809. The second-order valence-electron chi connectivity index (χ2n) is 6.09. The third-order valence-corrected chi connectivity index (χ3v) is 4.86. The third kappa shape index (κ3) is 1.85. The molecule has 1 saturated carbocycles. The van der Waals surface area contributed by atoms with Crippen LogP contribution in [0.15, 0.2) is 48.5 Å². The van der Waals surface area contributed by atoms with Crippen LogP contribution < -0.4 is 4.74 Å². The number of benzene rings is 2. The summed E-state index contributed by atoms with van der Waals surface area (Å²) in [6.45, 7) is 0. The number of carbonyl (C=O) groups is 1. The van der Waals surface area contributed by atoms with E-state index in [1.165, 1.54) is 0 Å². The second kappa shape index (κ2) is 5.31. The number of ether oxygens (including phenoxy) is 2. The zero-order valence-corrected chi connectivity index (χ0v) is 13.5. The van der Waals surface area contributed by atoms with Crippen molar-refractivity contribution < 1.29 is 18.7 Å². The first-order chi connectivity index (χ1) is 11.6. The molecule has 0 bridgehead atoms. The summed E-state index contributed by atoms with van der Waals surface area (Å²) in [7, 11) is 3.12. The Morgan fingerprint density at radius 1 is 1.08 bits per heavy atom. The smallest absolute Gasteiger partial charge is 0.257 e. The van der Waals surface area contributed by atoms with Gasteiger partial charge in [-0.3, -0.25) is 9.69 Å². The van der Waals surface area contributed by atoms with Crippen LogP contribution in [0.1, 0.15) is 27.9 Å². The minimum Gasteiger partial charge on any atom is -0.496 e. The van der Waals surface area contributed by atoms with Crippen LogP contribution in [0, 0.1) is 0 Å². The standard InChI is InChI=1S/C19H18FNO3/c1-23-17-10-6-5-9-14(17)19(24-2)13-8-4-3-7-12(13)18(22)21(19)16-11-15(16)20/h3-10,15-16H,11H2,1-2H3/t15-,16+,19?/m1/s1. The molecule has 2 aromatic carbocycles. The molecule has 0 aromatic heterocycles. The highest BCUT2D eigenvalue weighted by molar-refractivity contribution is 6.01. The minimum atomic E-state index is -1.17. The van der Waals surface area contributed by atoms with Gasteiger partial charge in [0.2, 0.25) is 5.72 Å². The van der Waals surface area contributed by atoms with Gasteiger partial charge in [-0.1, -0.05) is 36.4 Å². The van der Waals surface area contributed by atoms with Crippen LogP contribution in [0.25, 0.3) is 0 Å². The monoisotopic (exact) mass is 327 g/mol. The van der Waals surface area contributed by atoms with Crippen molar-refractivity contribution in [1.82, 2.24) is 4.90 Å². The summed E-state index contributed by atoms with van der Waals surface area (Å²) >= 11 is 0. The zero-order chi connectivity index (χ0) is 16.9. The lowest BCUT2D eigenvalue weighted by molar-refractivity contribution is -0.0896. The number of methoxy groups -OCH3 is 2. The molecule has 1 aliphatic carbocycles. The molecule has 1 fully saturated rings. The summed E-state index contributed by atoms with van der Waals surface area (Å²) < 4.78 is 25.4. The number of hydrogen-bond donors (Lipinski definition) is 0. The van der Waals surface area contributed by atoms with E-state index < -0.39 is 17.9 Å². The van der Waals surface area contributed by atoms with Crippen LogP contribution in [-0.4, -0.2) is 37.2 Å². The van der Waals surface area contributed by atoms with Crippen LogP contribution in [-0.2, 0) is 10.5 Å². The molecule has 0 saturated heterocycles. The maximum atomic E-state index is 13.9. The number of alkyl halides is 1. The number of nitrogens with zero attached hydrogens (tertiary/aromatic N) is 1. The average Bonchev–Trinajstić information content (AvgIpc) is 3.28. The maximum Gasteiger partial charge on any atom is 0.257 e. The van der Waals surface area contributed by atoms with E-state index in [1.807, 2.05) is 42.5 Å². The molecule has 0 spiro atoms. The average molecular weight is 327 g/mol. The Hall–Kier alpha value is -2.40. The van der Waals surface area contributed by atoms with Crippen molar-refractivity contribution in [3.05, 3.63) is 65.2 Å². The largest absolute Gasteiger partial charge is 0.496 e. The molecule has 1 unspecified atom stereocenters. The summed E-state index contributed by atoms with van der Waals surface area (Å²) in [4.78, 5) is 14.6. The van der Waals surface area contributed by atoms with E-state index in [4.69, 9.17) is 9.47 Å². The molecular formula is C19H18FNO3. The lowest BCUT2D eigenvalue weighted by Gasteiger charge is -2.39. The van der Waals surface area contributed by atoms with Gasteiger partial charge in [0.15, 0.2) is 0 Å². The zero-order valence-electron chi connectivity index (χ0n) is 13.5. The van der Waals surface area contributed by atoms with Crippen molar-refractivity contribution in [2.24, 2.45) is 0 Å². The number of halogens is 1. The fourth-order valence-electron chi connectivity index (χ4n) is 3.69. The maximum absolute atomic E-state index is 13.9. The highest BCUT2D eigenvalue weighted by Crippen LogP contribution is 2.52. The van der Waals surface area contributed by atoms with Crippen molar-refractivity contribution in [3.63, 3.8) is 0 Å². The molecule has 0 N–H and O–H groups in total. The lowest BCUT2D eigenvalue weighted by atomic mass is 9.92. The van der Waals surface area contributed by atoms with Crippen LogP contribution in [0.4, 0.5) is 4.39 Å². The highest BCUT2D eigenvalue weighted by Gasteiger charge is 2.60. The van der Waals surface area contributed by atoms with E-state index >= 15 is 0 Å². The van der Waals surface area contributed by atoms with Gasteiger partial charge in [0.05, 0.1) is 18.7 Å². The summed E-state index contributed by atoms with van der Waals surface area (Å²) in [5.74, 6) is 0.397. The number of amides is 1. The predicted octanol–water partition coefficient (Wildman–Crippen LogP) is 3.11. The van der Waals surface area contributed by atoms with Gasteiger partial charge >= 0.3 is 0 Å². The normalized spacial score (nSPS) is 28.0. The molecule has 0 radical (unpaired) electrons. The Morgan fingerprint density at radius 2 is 1.71 bits per heavy atom. The van der Waals surface area contributed by atoms with Crippen molar-refractivity contribution in [2.75, 3.05) is 14.2 Å². The van der Waals surface area contributed by atoms with Crippen molar-refractivity contribution in [1.29, 1.82) is 0 Å². The molecule has 2 aromatic rings. The second-order valence-corrected chi connectivity index (χ2v) is 6.09. The van der Waals surface area contributed by atoms with Crippen molar-refractivity contribution in [2.45, 2.75) is 24.4 Å². The number of carbonyl (C=O) groups excluding carboxylic acids is 1. The van der Waals surface area contributed by atoms with E-state index in [2.05, 4.69) is 0 Å². The molecule has 1 aliphatic heterocycles. The first-order valence-corrected chi connectivity index (χ1v) is 7.91. The fourth-order valence-corrected chi connectivity index (χ4v) is 3.69. The summed E-state index contributed by atoms with van der Waals surface area (Å²) in [5, 5.41) is 0. The Labute approximate surface area is 139 Å². The molecule has 5 heteroatoms. The van der Waals surface area contributed by atoms with E-state index in [0.717, 1.165) is 5.56 Å². The Morgan fingerprint density at radius 3 is 2.33 bits per heavy atom. The number of fused-ring (bicyclic) bond motifs is 1. The summed E-state index contributed by atoms with van der Waals surface area (Å²) in [5.41, 5.74) is 0.795. The molecule has 1 amide bonds. The van der Waals surface area contributed by atoms with Gasteiger partial charge in [-0.05, 0) is 12.1 Å². The number of rotatable bonds is 4. The molecule has 4 rings (SSSR count). The predicted molar refractivity (Wildman–Crippen MR) is 86.7 cm³/mol.